The molecule has 1 unspecified atom stereocenters. The lowest BCUT2D eigenvalue weighted by Gasteiger charge is -2.15. The van der Waals surface area contributed by atoms with E-state index >= 15 is 0 Å². The van der Waals surface area contributed by atoms with Crippen molar-refractivity contribution < 1.29 is 4.79 Å². The monoisotopic (exact) mass is 278 g/mol. The summed E-state index contributed by atoms with van der Waals surface area (Å²) in [5.41, 5.74) is 1.02. The second-order valence-corrected chi connectivity index (χ2v) is 4.64. The highest BCUT2D eigenvalue weighted by atomic mass is 79.9. The lowest BCUT2D eigenvalue weighted by atomic mass is 10.1. The number of rotatable bonds is 2. The van der Waals surface area contributed by atoms with Gasteiger partial charge < -0.3 is 4.90 Å². The van der Waals surface area contributed by atoms with E-state index in [9.17, 15) is 4.79 Å². The number of hydrogen-bond donors (Lipinski definition) is 0. The van der Waals surface area contributed by atoms with Crippen LogP contribution in [0.25, 0.3) is 0 Å². The fourth-order valence-electron chi connectivity index (χ4n) is 1.76. The maximum atomic E-state index is 11.6. The number of pyridine rings is 1. The molecule has 1 aromatic heterocycles. The SMILES string of the molecule is C#CC1CC(=O)N(Cc2ccc(Br)nc2)C1. The van der Waals surface area contributed by atoms with Crippen LogP contribution in [0, 0.1) is 18.3 Å². The van der Waals surface area contributed by atoms with Gasteiger partial charge in [-0.25, -0.2) is 4.98 Å². The van der Waals surface area contributed by atoms with E-state index in [0.29, 0.717) is 19.5 Å². The molecule has 2 rings (SSSR count). The number of hydrogen-bond acceptors (Lipinski definition) is 2. The van der Waals surface area contributed by atoms with Crippen molar-refractivity contribution in [3.8, 4) is 12.3 Å². The predicted molar refractivity (Wildman–Crippen MR) is 64.3 cm³/mol. The van der Waals surface area contributed by atoms with Crippen LogP contribution in [-0.2, 0) is 11.3 Å². The minimum absolute atomic E-state index is 0.0657. The Kier molecular flexibility index (Phi) is 3.25. The Morgan fingerprint density at radius 2 is 2.44 bits per heavy atom. The molecular formula is C12H11BrN2O. The Morgan fingerprint density at radius 1 is 1.62 bits per heavy atom. The van der Waals surface area contributed by atoms with E-state index in [4.69, 9.17) is 6.42 Å². The highest BCUT2D eigenvalue weighted by Gasteiger charge is 2.27. The molecule has 16 heavy (non-hydrogen) atoms. The normalized spacial score (nSPS) is 19.9. The van der Waals surface area contributed by atoms with Crippen LogP contribution in [0.3, 0.4) is 0 Å². The molecule has 0 radical (unpaired) electrons. The molecule has 3 nitrogen and oxygen atoms in total. The molecule has 1 aliphatic rings. The number of halogens is 1. The van der Waals surface area contributed by atoms with E-state index in [1.165, 1.54) is 0 Å². The zero-order valence-electron chi connectivity index (χ0n) is 8.69. The van der Waals surface area contributed by atoms with Crippen molar-refractivity contribution >= 4 is 21.8 Å². The molecule has 0 bridgehead atoms. The van der Waals surface area contributed by atoms with Crippen LogP contribution in [0.2, 0.25) is 0 Å². The van der Waals surface area contributed by atoms with Gasteiger partial charge in [0.05, 0.1) is 0 Å². The quantitative estimate of drug-likeness (QED) is 0.611. The summed E-state index contributed by atoms with van der Waals surface area (Å²) in [6.07, 6.45) is 7.56. The van der Waals surface area contributed by atoms with Crippen LogP contribution in [0.1, 0.15) is 12.0 Å². The van der Waals surface area contributed by atoms with Crippen LogP contribution in [-0.4, -0.2) is 22.3 Å². The van der Waals surface area contributed by atoms with Crippen LogP contribution in [0.15, 0.2) is 22.9 Å². The van der Waals surface area contributed by atoms with Gasteiger partial charge in [0.25, 0.3) is 0 Å². The van der Waals surface area contributed by atoms with Crippen molar-refractivity contribution in [1.29, 1.82) is 0 Å². The first kappa shape index (κ1) is 11.2. The fourth-order valence-corrected chi connectivity index (χ4v) is 1.99. The van der Waals surface area contributed by atoms with Crippen molar-refractivity contribution in [1.82, 2.24) is 9.88 Å². The minimum atomic E-state index is 0.0657. The van der Waals surface area contributed by atoms with Crippen LogP contribution >= 0.6 is 15.9 Å². The van der Waals surface area contributed by atoms with E-state index in [0.717, 1.165) is 10.2 Å². The third kappa shape index (κ3) is 2.42. The van der Waals surface area contributed by atoms with Gasteiger partial charge in [0.2, 0.25) is 5.91 Å². The lowest BCUT2D eigenvalue weighted by Crippen LogP contribution is -2.24. The molecule has 82 valence electrons. The predicted octanol–water partition coefficient (Wildman–Crippen LogP) is 1.83. The van der Waals surface area contributed by atoms with Crippen LogP contribution in [0.4, 0.5) is 0 Å². The maximum Gasteiger partial charge on any atom is 0.224 e. The number of amides is 1. The molecule has 1 atom stereocenters. The first-order chi connectivity index (χ1) is 7.69. The van der Waals surface area contributed by atoms with Gasteiger partial charge >= 0.3 is 0 Å². The lowest BCUT2D eigenvalue weighted by molar-refractivity contribution is -0.128. The Hall–Kier alpha value is -1.34. The Morgan fingerprint density at radius 3 is 3.00 bits per heavy atom. The van der Waals surface area contributed by atoms with Gasteiger partial charge in [-0.3, -0.25) is 4.79 Å². The van der Waals surface area contributed by atoms with E-state index in [1.54, 1.807) is 11.1 Å². The van der Waals surface area contributed by atoms with Gasteiger partial charge in [0.1, 0.15) is 4.60 Å². The van der Waals surface area contributed by atoms with Gasteiger partial charge in [-0.2, -0.15) is 0 Å². The largest absolute Gasteiger partial charge is 0.337 e. The third-order valence-corrected chi connectivity index (χ3v) is 3.08. The van der Waals surface area contributed by atoms with E-state index in [2.05, 4.69) is 26.8 Å². The standard InChI is InChI=1S/C12H11BrN2O/c1-2-9-5-12(16)15(7-9)8-10-3-4-11(13)14-6-10/h1,3-4,6,9H,5,7-8H2. The number of likely N-dealkylation sites (tertiary alicyclic amines) is 1. The minimum Gasteiger partial charge on any atom is -0.337 e. The maximum absolute atomic E-state index is 11.6. The summed E-state index contributed by atoms with van der Waals surface area (Å²) in [6, 6.07) is 3.82. The number of carbonyl (C=O) groups excluding carboxylic acids is 1. The van der Waals surface area contributed by atoms with Gasteiger partial charge in [-0.05, 0) is 27.6 Å². The summed E-state index contributed by atoms with van der Waals surface area (Å²) < 4.78 is 0.797. The summed E-state index contributed by atoms with van der Waals surface area (Å²) in [7, 11) is 0. The van der Waals surface area contributed by atoms with Crippen LogP contribution in [0.5, 0.6) is 0 Å². The molecule has 1 fully saturated rings. The number of aromatic nitrogens is 1. The summed E-state index contributed by atoms with van der Waals surface area (Å²) >= 11 is 3.27. The Balaban J connectivity index is 2.03. The number of terminal acetylenes is 1. The van der Waals surface area contributed by atoms with Crippen molar-refractivity contribution in [3.63, 3.8) is 0 Å². The molecular weight excluding hydrogens is 268 g/mol. The molecule has 0 saturated carbocycles. The zero-order valence-corrected chi connectivity index (χ0v) is 10.3. The van der Waals surface area contributed by atoms with Crippen molar-refractivity contribution in [2.45, 2.75) is 13.0 Å². The molecule has 0 aliphatic carbocycles. The zero-order chi connectivity index (χ0) is 11.5. The molecule has 2 heterocycles. The third-order valence-electron chi connectivity index (χ3n) is 2.61. The highest BCUT2D eigenvalue weighted by Crippen LogP contribution is 2.19. The molecule has 1 saturated heterocycles. The first-order valence-electron chi connectivity index (χ1n) is 5.03. The van der Waals surface area contributed by atoms with E-state index in [-0.39, 0.29) is 11.8 Å². The highest BCUT2D eigenvalue weighted by molar-refractivity contribution is 9.10. The van der Waals surface area contributed by atoms with Crippen molar-refractivity contribution in [3.05, 3.63) is 28.5 Å². The fraction of sp³-hybridized carbons (Fsp3) is 0.333. The number of nitrogens with zero attached hydrogens (tertiary/aromatic N) is 2. The smallest absolute Gasteiger partial charge is 0.224 e. The molecule has 4 heteroatoms. The van der Waals surface area contributed by atoms with Gasteiger partial charge in [-0.15, -0.1) is 12.3 Å². The molecule has 1 aliphatic heterocycles. The molecule has 1 amide bonds. The second kappa shape index (κ2) is 4.67. The van der Waals surface area contributed by atoms with Gasteiger partial charge in [0, 0.05) is 31.6 Å². The van der Waals surface area contributed by atoms with E-state index in [1.807, 2.05) is 12.1 Å². The van der Waals surface area contributed by atoms with Crippen LogP contribution < -0.4 is 0 Å². The summed E-state index contributed by atoms with van der Waals surface area (Å²) in [6.45, 7) is 1.25. The Bertz CT molecular complexity index is 435. The van der Waals surface area contributed by atoms with Crippen molar-refractivity contribution in [2.75, 3.05) is 6.54 Å². The van der Waals surface area contributed by atoms with Crippen molar-refractivity contribution in [2.24, 2.45) is 5.92 Å². The Labute approximate surface area is 103 Å². The average molecular weight is 279 g/mol. The summed E-state index contributed by atoms with van der Waals surface area (Å²) in [4.78, 5) is 17.5. The topological polar surface area (TPSA) is 33.2 Å². The first-order valence-corrected chi connectivity index (χ1v) is 5.82. The molecule has 0 N–H and O–H groups in total. The number of carbonyl (C=O) groups is 1. The summed E-state index contributed by atoms with van der Waals surface area (Å²) in [5, 5.41) is 0. The summed E-state index contributed by atoms with van der Waals surface area (Å²) in [5.74, 6) is 2.83. The molecule has 1 aromatic rings. The van der Waals surface area contributed by atoms with E-state index < -0.39 is 0 Å². The molecule has 0 spiro atoms. The average Bonchev–Trinajstić information content (AvgIpc) is 2.63. The molecule has 0 aromatic carbocycles. The van der Waals surface area contributed by atoms with Gasteiger partial charge in [-0.1, -0.05) is 6.07 Å². The van der Waals surface area contributed by atoms with Gasteiger partial charge in [0.15, 0.2) is 0 Å². The second-order valence-electron chi connectivity index (χ2n) is 3.83.